The van der Waals surface area contributed by atoms with Gasteiger partial charge in [0.1, 0.15) is 0 Å². The molecule has 0 radical (unpaired) electrons. The number of benzene rings is 1. The summed E-state index contributed by atoms with van der Waals surface area (Å²) in [6.07, 6.45) is 0.742. The van der Waals surface area contributed by atoms with Gasteiger partial charge in [-0.2, -0.15) is 0 Å². The van der Waals surface area contributed by atoms with E-state index >= 15 is 0 Å². The Morgan fingerprint density at radius 2 is 2.11 bits per heavy atom. The van der Waals surface area contributed by atoms with E-state index in [1.165, 1.54) is 0 Å². The van der Waals surface area contributed by atoms with Crippen molar-refractivity contribution in [1.29, 1.82) is 0 Å². The Morgan fingerprint density at radius 3 is 2.61 bits per heavy atom. The van der Waals surface area contributed by atoms with Crippen LogP contribution in [0.3, 0.4) is 0 Å². The van der Waals surface area contributed by atoms with Crippen molar-refractivity contribution in [3.63, 3.8) is 0 Å². The van der Waals surface area contributed by atoms with Crippen LogP contribution in [0.2, 0.25) is 10.0 Å². The molecule has 0 aliphatic heterocycles. The van der Waals surface area contributed by atoms with Crippen molar-refractivity contribution >= 4 is 34.8 Å². The van der Waals surface area contributed by atoms with Gasteiger partial charge in [-0.05, 0) is 13.3 Å². The highest BCUT2D eigenvalue weighted by Crippen LogP contribution is 2.30. The highest BCUT2D eigenvalue weighted by Gasteiger charge is 2.20. The van der Waals surface area contributed by atoms with E-state index in [-0.39, 0.29) is 27.3 Å². The number of carbonyl (C=O) groups excluding carboxylic acids is 1. The molecule has 98 valence electrons. The van der Waals surface area contributed by atoms with Crippen molar-refractivity contribution < 1.29 is 9.72 Å². The van der Waals surface area contributed by atoms with Crippen molar-refractivity contribution in [3.05, 3.63) is 37.9 Å². The monoisotopic (exact) mass is 290 g/mol. The molecular formula is C11H12Cl2N2O3. The lowest BCUT2D eigenvalue weighted by atomic mass is 10.1. The van der Waals surface area contributed by atoms with Crippen LogP contribution < -0.4 is 5.32 Å². The third-order valence-electron chi connectivity index (χ3n) is 2.46. The van der Waals surface area contributed by atoms with Crippen LogP contribution in [0.4, 0.5) is 5.69 Å². The zero-order valence-electron chi connectivity index (χ0n) is 9.87. The Balaban J connectivity index is 3.14. The molecule has 1 rings (SSSR count). The largest absolute Gasteiger partial charge is 0.350 e. The van der Waals surface area contributed by atoms with Gasteiger partial charge in [0.25, 0.3) is 11.6 Å². The fourth-order valence-electron chi connectivity index (χ4n) is 1.25. The zero-order valence-corrected chi connectivity index (χ0v) is 11.4. The summed E-state index contributed by atoms with van der Waals surface area (Å²) >= 11 is 11.6. The smallest absolute Gasteiger partial charge is 0.271 e. The molecule has 1 atom stereocenters. The van der Waals surface area contributed by atoms with Gasteiger partial charge in [0.2, 0.25) is 0 Å². The van der Waals surface area contributed by atoms with Gasteiger partial charge in [-0.15, -0.1) is 0 Å². The van der Waals surface area contributed by atoms with Gasteiger partial charge in [0, 0.05) is 18.2 Å². The lowest BCUT2D eigenvalue weighted by molar-refractivity contribution is -0.384. The molecule has 0 fully saturated rings. The zero-order chi connectivity index (χ0) is 13.9. The number of nitrogens with one attached hydrogen (secondary N) is 1. The topological polar surface area (TPSA) is 72.2 Å². The molecule has 1 N–H and O–H groups in total. The summed E-state index contributed by atoms with van der Waals surface area (Å²) in [6, 6.07) is 2.18. The molecular weight excluding hydrogens is 279 g/mol. The van der Waals surface area contributed by atoms with E-state index in [1.54, 1.807) is 0 Å². The Bertz CT molecular complexity index is 491. The van der Waals surface area contributed by atoms with Crippen LogP contribution >= 0.6 is 23.2 Å². The molecule has 1 aromatic carbocycles. The molecule has 0 aromatic heterocycles. The minimum absolute atomic E-state index is 0.0103. The van der Waals surface area contributed by atoms with Gasteiger partial charge in [0.05, 0.1) is 20.5 Å². The van der Waals surface area contributed by atoms with Gasteiger partial charge in [0.15, 0.2) is 0 Å². The average Bonchev–Trinajstić information content (AvgIpc) is 2.31. The highest BCUT2D eigenvalue weighted by molar-refractivity contribution is 6.44. The summed E-state index contributed by atoms with van der Waals surface area (Å²) in [5.74, 6) is -0.472. The van der Waals surface area contributed by atoms with Crippen LogP contribution in [-0.2, 0) is 0 Å². The Hall–Kier alpha value is -1.33. The predicted molar refractivity (Wildman–Crippen MR) is 70.3 cm³/mol. The summed E-state index contributed by atoms with van der Waals surface area (Å²) in [6.45, 7) is 3.73. The first-order valence-corrected chi connectivity index (χ1v) is 6.06. The van der Waals surface area contributed by atoms with Crippen LogP contribution in [0.15, 0.2) is 12.1 Å². The number of nitrogens with zero attached hydrogens (tertiary/aromatic N) is 1. The minimum Gasteiger partial charge on any atom is -0.350 e. The molecule has 0 saturated carbocycles. The van der Waals surface area contributed by atoms with E-state index in [1.807, 2.05) is 13.8 Å². The number of nitro benzene ring substituents is 1. The minimum atomic E-state index is -0.623. The molecule has 0 saturated heterocycles. The standard InChI is InChI=1S/C11H12Cl2N2O3/c1-3-6(2)14-11(16)8-4-7(15(17)18)5-9(12)10(8)13/h4-6H,3H2,1-2H3,(H,14,16). The quantitative estimate of drug-likeness (QED) is 0.682. The molecule has 0 aliphatic carbocycles. The van der Waals surface area contributed by atoms with Crippen molar-refractivity contribution in [2.75, 3.05) is 0 Å². The normalized spacial score (nSPS) is 12.0. The van der Waals surface area contributed by atoms with Crippen LogP contribution in [0.1, 0.15) is 30.6 Å². The van der Waals surface area contributed by atoms with Crippen molar-refractivity contribution in [1.82, 2.24) is 5.32 Å². The van der Waals surface area contributed by atoms with Crippen LogP contribution in [0.5, 0.6) is 0 Å². The average molecular weight is 291 g/mol. The number of non-ortho nitro benzene ring substituents is 1. The van der Waals surface area contributed by atoms with Gasteiger partial charge in [-0.1, -0.05) is 30.1 Å². The van der Waals surface area contributed by atoms with Crippen LogP contribution in [0.25, 0.3) is 0 Å². The number of amides is 1. The lowest BCUT2D eigenvalue weighted by Crippen LogP contribution is -2.32. The second kappa shape index (κ2) is 6.02. The van der Waals surface area contributed by atoms with Crippen molar-refractivity contribution in [3.8, 4) is 0 Å². The Morgan fingerprint density at radius 1 is 1.50 bits per heavy atom. The third-order valence-corrected chi connectivity index (χ3v) is 3.26. The fourth-order valence-corrected chi connectivity index (χ4v) is 1.66. The van der Waals surface area contributed by atoms with Gasteiger partial charge < -0.3 is 5.32 Å². The molecule has 1 unspecified atom stereocenters. The van der Waals surface area contributed by atoms with Crippen LogP contribution in [-0.4, -0.2) is 16.9 Å². The second-order valence-corrected chi connectivity index (χ2v) is 4.61. The summed E-state index contributed by atoms with van der Waals surface area (Å²) < 4.78 is 0. The van der Waals surface area contributed by atoms with E-state index < -0.39 is 10.8 Å². The summed E-state index contributed by atoms with van der Waals surface area (Å²) in [5.41, 5.74) is -0.255. The van der Waals surface area contributed by atoms with E-state index in [0.29, 0.717) is 0 Å². The Labute approximate surface area is 114 Å². The maximum Gasteiger partial charge on any atom is 0.271 e. The summed E-state index contributed by atoms with van der Waals surface area (Å²) in [7, 11) is 0. The third kappa shape index (κ3) is 3.34. The van der Waals surface area contributed by atoms with Gasteiger partial charge in [-0.25, -0.2) is 0 Å². The first-order chi connectivity index (χ1) is 8.36. The van der Waals surface area contributed by atoms with E-state index in [0.717, 1.165) is 18.6 Å². The maximum atomic E-state index is 11.9. The van der Waals surface area contributed by atoms with Gasteiger partial charge in [-0.3, -0.25) is 14.9 Å². The molecule has 0 heterocycles. The lowest BCUT2D eigenvalue weighted by Gasteiger charge is -2.12. The van der Waals surface area contributed by atoms with E-state index in [9.17, 15) is 14.9 Å². The number of hydrogen-bond donors (Lipinski definition) is 1. The molecule has 0 bridgehead atoms. The predicted octanol–water partition coefficient (Wildman–Crippen LogP) is 3.43. The fraction of sp³-hybridized carbons (Fsp3) is 0.364. The SMILES string of the molecule is CCC(C)NC(=O)c1cc([N+](=O)[O-])cc(Cl)c1Cl. The highest BCUT2D eigenvalue weighted by atomic mass is 35.5. The number of hydrogen-bond acceptors (Lipinski definition) is 3. The summed E-state index contributed by atoms with van der Waals surface area (Å²) in [4.78, 5) is 22.0. The molecule has 0 aliphatic rings. The molecule has 18 heavy (non-hydrogen) atoms. The Kier molecular flexibility index (Phi) is 4.93. The maximum absolute atomic E-state index is 11.9. The van der Waals surface area contributed by atoms with Crippen molar-refractivity contribution in [2.24, 2.45) is 0 Å². The number of halogens is 2. The second-order valence-electron chi connectivity index (χ2n) is 3.83. The molecule has 1 aromatic rings. The first-order valence-electron chi connectivity index (χ1n) is 5.31. The number of carbonyl (C=O) groups is 1. The first kappa shape index (κ1) is 14.7. The molecule has 5 nitrogen and oxygen atoms in total. The van der Waals surface area contributed by atoms with Crippen molar-refractivity contribution in [2.45, 2.75) is 26.3 Å². The summed E-state index contributed by atoms with van der Waals surface area (Å²) in [5, 5.41) is 13.4. The number of nitro groups is 1. The van der Waals surface area contributed by atoms with Gasteiger partial charge >= 0.3 is 0 Å². The van der Waals surface area contributed by atoms with E-state index in [4.69, 9.17) is 23.2 Å². The van der Waals surface area contributed by atoms with E-state index in [2.05, 4.69) is 5.32 Å². The molecule has 0 spiro atoms. The molecule has 1 amide bonds. The van der Waals surface area contributed by atoms with Crippen LogP contribution in [0, 0.1) is 10.1 Å². The molecule has 7 heteroatoms. The number of rotatable bonds is 4.